The van der Waals surface area contributed by atoms with Crippen LogP contribution in [-0.2, 0) is 20.0 Å². The average Bonchev–Trinajstić information content (AvgIpc) is 3.08. The molecule has 2 nitrogen and oxygen atoms in total. The van der Waals surface area contributed by atoms with Crippen molar-refractivity contribution in [2.75, 3.05) is 0 Å². The molecule has 0 spiro atoms. The molecule has 3 rings (SSSR count). The van der Waals surface area contributed by atoms with E-state index in [-0.39, 0.29) is 12.2 Å². The quantitative estimate of drug-likeness (QED) is 0.243. The third-order valence-corrected chi connectivity index (χ3v) is 21.9. The maximum Gasteiger partial charge on any atom is 0.0483 e. The van der Waals surface area contributed by atoms with Gasteiger partial charge in [-0.05, 0) is 27.7 Å². The fourth-order valence-electron chi connectivity index (χ4n) is 3.69. The van der Waals surface area contributed by atoms with E-state index in [1.54, 1.807) is 47.2 Å². The molecule has 162 valence electrons. The van der Waals surface area contributed by atoms with Crippen molar-refractivity contribution < 1.29 is 30.2 Å². The molecule has 0 aromatic carbocycles. The summed E-state index contributed by atoms with van der Waals surface area (Å²) in [6.45, 7) is 14.6. The van der Waals surface area contributed by atoms with Crippen molar-refractivity contribution in [3.63, 3.8) is 0 Å². The monoisotopic (exact) mass is 566 g/mol. The van der Waals surface area contributed by atoms with Crippen molar-refractivity contribution in [3.8, 4) is 0 Å². The van der Waals surface area contributed by atoms with E-state index in [1.807, 2.05) is 18.8 Å². The maximum absolute atomic E-state index is 8.06. The summed E-state index contributed by atoms with van der Waals surface area (Å²) in [5.41, 5.74) is 3.16. The molecular formula is C26H42HfO2. The van der Waals surface area contributed by atoms with Gasteiger partial charge < -0.3 is 10.2 Å². The molecule has 0 saturated carbocycles. The molecule has 0 bridgehead atoms. The van der Waals surface area contributed by atoms with E-state index in [4.69, 9.17) is 10.2 Å². The average molecular weight is 565 g/mol. The first-order chi connectivity index (χ1) is 13.7. The number of aliphatic hydroxyl groups excluding tert-OH is 2. The van der Waals surface area contributed by atoms with E-state index in [0.717, 1.165) is 12.8 Å². The van der Waals surface area contributed by atoms with E-state index >= 15 is 0 Å². The molecule has 0 atom stereocenters. The Kier molecular flexibility index (Phi) is 12.2. The molecule has 3 heteroatoms. The minimum atomic E-state index is -2.15. The zero-order valence-electron chi connectivity index (χ0n) is 19.1. The predicted octanol–water partition coefficient (Wildman–Crippen LogP) is 7.13. The van der Waals surface area contributed by atoms with Crippen LogP contribution in [0.4, 0.5) is 0 Å². The van der Waals surface area contributed by atoms with Gasteiger partial charge in [-0.3, -0.25) is 0 Å². The zero-order chi connectivity index (χ0) is 21.9. The minimum absolute atomic E-state index is 0.167. The van der Waals surface area contributed by atoms with Crippen LogP contribution in [0.5, 0.6) is 0 Å². The third-order valence-electron chi connectivity index (χ3n) is 5.14. The van der Waals surface area contributed by atoms with Crippen LogP contribution in [0, 0.1) is 0 Å². The summed E-state index contributed by atoms with van der Waals surface area (Å²) in [6, 6.07) is 0. The number of allylic oxidation sites excluding steroid dienone is 10. The Hall–Kier alpha value is -0.770. The molecule has 0 unspecified atom stereocenters. The second kappa shape index (κ2) is 13.5. The second-order valence-corrected chi connectivity index (χ2v) is 24.7. The minimum Gasteiger partial charge on any atom is -0.394 e. The van der Waals surface area contributed by atoms with Crippen LogP contribution in [0.15, 0.2) is 67.4 Å². The molecule has 0 amide bonds. The van der Waals surface area contributed by atoms with Gasteiger partial charge in [0.05, 0.1) is 0 Å². The van der Waals surface area contributed by atoms with E-state index in [1.165, 1.54) is 25.7 Å². The SMILES string of the molecule is C=CCCC1=CC[C]([Hf]2([C]3=CC(CCC=C)=CC3)[CH2][CH2]2)=C1.CC(C)O.CC(C)O. The molecule has 1 fully saturated rings. The third kappa shape index (κ3) is 9.72. The van der Waals surface area contributed by atoms with Crippen LogP contribution in [-0.4, -0.2) is 22.4 Å². The summed E-state index contributed by atoms with van der Waals surface area (Å²) < 4.78 is 6.95. The summed E-state index contributed by atoms with van der Waals surface area (Å²) in [5.74, 6) is 0. The molecule has 29 heavy (non-hydrogen) atoms. The van der Waals surface area contributed by atoms with Gasteiger partial charge in [0.1, 0.15) is 0 Å². The van der Waals surface area contributed by atoms with Crippen molar-refractivity contribution in [2.45, 2.75) is 86.8 Å². The van der Waals surface area contributed by atoms with Crippen molar-refractivity contribution in [1.29, 1.82) is 0 Å². The summed E-state index contributed by atoms with van der Waals surface area (Å²) in [4.78, 5) is 0. The van der Waals surface area contributed by atoms with E-state index in [9.17, 15) is 0 Å². The molecule has 3 aliphatic rings. The van der Waals surface area contributed by atoms with Gasteiger partial charge in [-0.25, -0.2) is 0 Å². The Morgan fingerprint density at radius 2 is 1.17 bits per heavy atom. The van der Waals surface area contributed by atoms with Crippen molar-refractivity contribution in [2.24, 2.45) is 0 Å². The number of hydrogen-bond donors (Lipinski definition) is 2. The first-order valence-corrected chi connectivity index (χ1v) is 19.8. The molecule has 1 aliphatic heterocycles. The smallest absolute Gasteiger partial charge is 0.0483 e. The first-order valence-electron chi connectivity index (χ1n) is 11.1. The summed E-state index contributed by atoms with van der Waals surface area (Å²) >= 11 is -2.15. The Bertz CT molecular complexity index is 599. The first kappa shape index (κ1) is 26.3. The molecule has 2 N–H and O–H groups in total. The molecule has 1 heterocycles. The van der Waals surface area contributed by atoms with Crippen molar-refractivity contribution in [1.82, 2.24) is 0 Å². The molecule has 2 aliphatic carbocycles. The van der Waals surface area contributed by atoms with E-state index < -0.39 is 20.0 Å². The van der Waals surface area contributed by atoms with Crippen molar-refractivity contribution >= 4 is 0 Å². The van der Waals surface area contributed by atoms with Crippen LogP contribution in [0.25, 0.3) is 0 Å². The molecular weight excluding hydrogens is 523 g/mol. The van der Waals surface area contributed by atoms with Crippen LogP contribution < -0.4 is 0 Å². The number of aliphatic hydroxyl groups is 2. The second-order valence-electron chi connectivity index (χ2n) is 8.73. The fraction of sp³-hybridized carbons (Fsp3) is 0.538. The zero-order valence-corrected chi connectivity index (χ0v) is 22.7. The summed E-state index contributed by atoms with van der Waals surface area (Å²) in [7, 11) is 0. The van der Waals surface area contributed by atoms with Crippen LogP contribution >= 0.6 is 0 Å². The Balaban J connectivity index is 0.000000452. The molecule has 0 aromatic rings. The van der Waals surface area contributed by atoms with Gasteiger partial charge in [-0.2, -0.15) is 0 Å². The Morgan fingerprint density at radius 3 is 1.45 bits per heavy atom. The predicted molar refractivity (Wildman–Crippen MR) is 125 cm³/mol. The van der Waals surface area contributed by atoms with Gasteiger partial charge in [-0.15, -0.1) is 0 Å². The summed E-state index contributed by atoms with van der Waals surface area (Å²) in [5, 5.41) is 16.1. The number of hydrogen-bond acceptors (Lipinski definition) is 2. The fourth-order valence-corrected chi connectivity index (χ4v) is 24.9. The van der Waals surface area contributed by atoms with Gasteiger partial charge in [0, 0.05) is 12.2 Å². The molecule has 0 radical (unpaired) electrons. The standard InChI is InChI=1S/2C9H11.2C3H8O.C2H4.Hf/c2*1-2-3-6-9-7-4-5-8-9;2*1-3(2)4;1-2;/h2*2,7-8H,1,3-4,6H2;2*3-4H,1-2H3;1-2H2;. The Morgan fingerprint density at radius 1 is 0.828 bits per heavy atom. The van der Waals surface area contributed by atoms with Crippen LogP contribution in [0.1, 0.15) is 66.2 Å². The van der Waals surface area contributed by atoms with Crippen molar-refractivity contribution in [3.05, 3.63) is 67.4 Å². The van der Waals surface area contributed by atoms with Gasteiger partial charge in [0.15, 0.2) is 0 Å². The van der Waals surface area contributed by atoms with Gasteiger partial charge in [-0.1, -0.05) is 0 Å². The number of rotatable bonds is 8. The largest absolute Gasteiger partial charge is 0.394 e. The molecule has 0 aromatic heterocycles. The van der Waals surface area contributed by atoms with E-state index in [2.05, 4.69) is 37.5 Å². The van der Waals surface area contributed by atoms with Gasteiger partial charge >= 0.3 is 134 Å². The normalized spacial score (nSPS) is 18.6. The Labute approximate surface area is 183 Å². The summed E-state index contributed by atoms with van der Waals surface area (Å²) in [6.07, 6.45) is 21.1. The van der Waals surface area contributed by atoms with Gasteiger partial charge in [0.2, 0.25) is 0 Å². The van der Waals surface area contributed by atoms with Crippen LogP contribution in [0.2, 0.25) is 8.35 Å². The topological polar surface area (TPSA) is 40.5 Å². The van der Waals surface area contributed by atoms with Crippen LogP contribution in [0.3, 0.4) is 0 Å². The van der Waals surface area contributed by atoms with Gasteiger partial charge in [0.25, 0.3) is 0 Å². The maximum atomic E-state index is 8.06. The molecule has 1 saturated heterocycles. The van der Waals surface area contributed by atoms with E-state index in [0.29, 0.717) is 0 Å².